The number of anilines is 3. The van der Waals surface area contributed by atoms with Gasteiger partial charge in [-0.05, 0) is 111 Å². The molecule has 0 bridgehead atoms. The van der Waals surface area contributed by atoms with Crippen LogP contribution >= 0.6 is 11.3 Å². The molecule has 0 aliphatic heterocycles. The van der Waals surface area contributed by atoms with Gasteiger partial charge in [-0.15, -0.1) is 11.3 Å². The van der Waals surface area contributed by atoms with Gasteiger partial charge in [-0.3, -0.25) is 0 Å². The van der Waals surface area contributed by atoms with E-state index in [1.165, 1.54) is 81.4 Å². The molecule has 55 heavy (non-hydrogen) atoms. The van der Waals surface area contributed by atoms with Crippen LogP contribution in [0.3, 0.4) is 0 Å². The van der Waals surface area contributed by atoms with Crippen molar-refractivity contribution in [3.63, 3.8) is 0 Å². The summed E-state index contributed by atoms with van der Waals surface area (Å²) < 4.78 is 2.62. The van der Waals surface area contributed by atoms with E-state index in [1.54, 1.807) is 0 Å². The monoisotopic (exact) mass is 721 g/mol. The molecule has 0 N–H and O–H groups in total. The Labute approximate surface area is 326 Å². The minimum atomic E-state index is -0.285. The Kier molecular flexibility index (Phi) is 6.97. The third kappa shape index (κ3) is 4.65. The van der Waals surface area contributed by atoms with E-state index in [0.717, 1.165) is 17.1 Å². The van der Waals surface area contributed by atoms with E-state index in [0.29, 0.717) is 0 Å². The summed E-state index contributed by atoms with van der Waals surface area (Å²) in [5, 5.41) is 2.63. The van der Waals surface area contributed by atoms with Crippen molar-refractivity contribution in [2.45, 2.75) is 31.6 Å². The summed E-state index contributed by atoms with van der Waals surface area (Å²) in [4.78, 5) is 2.46. The van der Waals surface area contributed by atoms with E-state index in [9.17, 15) is 0 Å². The van der Waals surface area contributed by atoms with Gasteiger partial charge in [-0.1, -0.05) is 153 Å². The zero-order chi connectivity index (χ0) is 36.9. The van der Waals surface area contributed by atoms with Gasteiger partial charge in [0.1, 0.15) is 0 Å². The van der Waals surface area contributed by atoms with E-state index in [4.69, 9.17) is 0 Å². The maximum atomic E-state index is 2.46. The molecule has 1 unspecified atom stereocenters. The van der Waals surface area contributed by atoms with Gasteiger partial charge < -0.3 is 4.90 Å². The second-order valence-corrected chi connectivity index (χ2v) is 16.9. The van der Waals surface area contributed by atoms with Crippen molar-refractivity contribution in [3.05, 3.63) is 210 Å². The van der Waals surface area contributed by atoms with Gasteiger partial charge in [-0.25, -0.2) is 0 Å². The number of hydrogen-bond acceptors (Lipinski definition) is 2. The van der Waals surface area contributed by atoms with Crippen LogP contribution < -0.4 is 4.90 Å². The van der Waals surface area contributed by atoms with Gasteiger partial charge >= 0.3 is 0 Å². The summed E-state index contributed by atoms with van der Waals surface area (Å²) in [7, 11) is 0. The molecule has 0 spiro atoms. The molecule has 8 aromatic carbocycles. The van der Waals surface area contributed by atoms with Crippen LogP contribution in [0.15, 0.2) is 182 Å². The van der Waals surface area contributed by atoms with Crippen LogP contribution in [0, 0.1) is 0 Å². The average molecular weight is 722 g/mol. The van der Waals surface area contributed by atoms with Gasteiger partial charge in [0, 0.05) is 48.1 Å². The van der Waals surface area contributed by atoms with Gasteiger partial charge in [0.2, 0.25) is 0 Å². The highest BCUT2D eigenvalue weighted by molar-refractivity contribution is 7.25. The number of nitrogens with zero attached hydrogens (tertiary/aromatic N) is 1. The minimum absolute atomic E-state index is 0.0830. The molecule has 2 aliphatic rings. The average Bonchev–Trinajstić information content (AvgIpc) is 3.82. The molecule has 11 rings (SSSR count). The molecule has 0 saturated heterocycles. The molecule has 0 fully saturated rings. The topological polar surface area (TPSA) is 3.24 Å². The molecule has 262 valence electrons. The largest absolute Gasteiger partial charge is 0.310 e. The fraction of sp³-hybridized carbons (Fsp3) is 0.0943. The molecule has 0 radical (unpaired) electrons. The molecule has 1 atom stereocenters. The molecule has 2 aliphatic carbocycles. The number of fused-ring (bicyclic) bond motifs is 9. The first-order valence-corrected chi connectivity index (χ1v) is 20.1. The minimum Gasteiger partial charge on any atom is -0.310 e. The van der Waals surface area contributed by atoms with Gasteiger partial charge in [0.15, 0.2) is 0 Å². The lowest BCUT2D eigenvalue weighted by Gasteiger charge is -2.31. The first-order valence-electron chi connectivity index (χ1n) is 19.3. The van der Waals surface area contributed by atoms with Crippen LogP contribution in [0.5, 0.6) is 0 Å². The SMILES string of the molecule is CC1(C)c2ccccc2-c2cccc(-c3ccc(N(c4ccc5c(c4)C(C)(c4ccccc4)c4ccccc4-5)c4ccc5c(c4)sc4ccccc45)cc3)c21. The van der Waals surface area contributed by atoms with E-state index in [1.807, 2.05) is 11.3 Å². The van der Waals surface area contributed by atoms with Crippen molar-refractivity contribution < 1.29 is 0 Å². The predicted molar refractivity (Wildman–Crippen MR) is 234 cm³/mol. The molecule has 1 nitrogen and oxygen atoms in total. The highest BCUT2D eigenvalue weighted by Gasteiger charge is 2.41. The highest BCUT2D eigenvalue weighted by Crippen LogP contribution is 2.55. The summed E-state index contributed by atoms with van der Waals surface area (Å²) in [6.45, 7) is 7.14. The third-order valence-corrected chi connectivity index (χ3v) is 13.7. The molecule has 2 heteroatoms. The number of thiophene rings is 1. The molecule has 0 amide bonds. The van der Waals surface area contributed by atoms with E-state index in [-0.39, 0.29) is 10.8 Å². The van der Waals surface area contributed by atoms with Crippen molar-refractivity contribution in [2.75, 3.05) is 4.90 Å². The van der Waals surface area contributed by atoms with E-state index < -0.39 is 0 Å². The normalized spacial score (nSPS) is 16.1. The highest BCUT2D eigenvalue weighted by atomic mass is 32.1. The van der Waals surface area contributed by atoms with Crippen LogP contribution in [-0.2, 0) is 10.8 Å². The van der Waals surface area contributed by atoms with Crippen molar-refractivity contribution in [3.8, 4) is 33.4 Å². The number of benzene rings is 8. The summed E-state index contributed by atoms with van der Waals surface area (Å²) in [5.74, 6) is 0. The Morgan fingerprint density at radius 2 is 0.982 bits per heavy atom. The Morgan fingerprint density at radius 1 is 0.400 bits per heavy atom. The van der Waals surface area contributed by atoms with Gasteiger partial charge in [-0.2, -0.15) is 0 Å². The zero-order valence-corrected chi connectivity index (χ0v) is 32.0. The Balaban J connectivity index is 1.09. The molecule has 1 heterocycles. The smallest absolute Gasteiger partial charge is 0.0476 e. The molecular formula is C53H39NS. The van der Waals surface area contributed by atoms with Crippen molar-refractivity contribution in [2.24, 2.45) is 0 Å². The quantitative estimate of drug-likeness (QED) is 0.171. The lowest BCUT2D eigenvalue weighted by molar-refractivity contribution is 0.662. The maximum absolute atomic E-state index is 2.46. The van der Waals surface area contributed by atoms with Crippen LogP contribution in [0.25, 0.3) is 53.6 Å². The van der Waals surface area contributed by atoms with Crippen molar-refractivity contribution in [1.29, 1.82) is 0 Å². The van der Waals surface area contributed by atoms with Crippen LogP contribution in [0.2, 0.25) is 0 Å². The first kappa shape index (κ1) is 32.2. The number of hydrogen-bond donors (Lipinski definition) is 0. The van der Waals surface area contributed by atoms with Crippen LogP contribution in [-0.4, -0.2) is 0 Å². The predicted octanol–water partition coefficient (Wildman–Crippen LogP) is 14.8. The molecule has 9 aromatic rings. The second kappa shape index (κ2) is 11.9. The van der Waals surface area contributed by atoms with E-state index >= 15 is 0 Å². The maximum Gasteiger partial charge on any atom is 0.0476 e. The van der Waals surface area contributed by atoms with Gasteiger partial charge in [0.05, 0.1) is 0 Å². The second-order valence-electron chi connectivity index (χ2n) is 15.8. The fourth-order valence-corrected chi connectivity index (χ4v) is 11.0. The van der Waals surface area contributed by atoms with Crippen molar-refractivity contribution >= 4 is 48.6 Å². The molecule has 1 aromatic heterocycles. The number of rotatable bonds is 5. The zero-order valence-electron chi connectivity index (χ0n) is 31.2. The first-order chi connectivity index (χ1) is 26.9. The Morgan fingerprint density at radius 3 is 1.80 bits per heavy atom. The summed E-state index contributed by atoms with van der Waals surface area (Å²) in [5.41, 5.74) is 17.8. The standard InChI is InChI=1S/C53H39NS/c1-52(2)46-21-10-7-17-41(46)45-20-13-19-39(51(45)52)34-24-26-36(27-25-34)54(38-29-31-44-43-18-9-12-23-49(43)55-50(44)33-38)37-28-30-42-40-16-8-11-22-47(40)53(3,48(42)32-37)35-14-5-4-6-15-35/h4-33H,1-3H3. The van der Waals surface area contributed by atoms with E-state index in [2.05, 4.69) is 208 Å². The molecule has 0 saturated carbocycles. The lowest BCUT2D eigenvalue weighted by atomic mass is 9.74. The lowest BCUT2D eigenvalue weighted by Crippen LogP contribution is -2.22. The Bertz CT molecular complexity index is 2970. The van der Waals surface area contributed by atoms with Crippen molar-refractivity contribution in [1.82, 2.24) is 0 Å². The third-order valence-electron chi connectivity index (χ3n) is 12.5. The summed E-state index contributed by atoms with van der Waals surface area (Å²) in [6, 6.07) is 67.9. The summed E-state index contributed by atoms with van der Waals surface area (Å²) >= 11 is 1.87. The molecular weight excluding hydrogens is 683 g/mol. The van der Waals surface area contributed by atoms with Crippen LogP contribution in [0.4, 0.5) is 17.1 Å². The fourth-order valence-electron chi connectivity index (χ4n) is 9.88. The summed E-state index contributed by atoms with van der Waals surface area (Å²) in [6.07, 6.45) is 0. The Hall–Kier alpha value is -6.22. The van der Waals surface area contributed by atoms with Gasteiger partial charge in [0.25, 0.3) is 0 Å². The van der Waals surface area contributed by atoms with Crippen LogP contribution in [0.1, 0.15) is 48.6 Å².